The molecule has 0 spiro atoms. The summed E-state index contributed by atoms with van der Waals surface area (Å²) in [6, 6.07) is 0.595. The Labute approximate surface area is 102 Å². The summed E-state index contributed by atoms with van der Waals surface area (Å²) in [6.07, 6.45) is 3.90. The normalized spacial score (nSPS) is 14.4. The molecule has 0 saturated carbocycles. The van der Waals surface area contributed by atoms with E-state index in [2.05, 4.69) is 46.9 Å². The van der Waals surface area contributed by atoms with Crippen LogP contribution in [0.3, 0.4) is 0 Å². The smallest absolute Gasteiger partial charge is 0.0547 e. The van der Waals surface area contributed by atoms with Crippen molar-refractivity contribution in [1.29, 1.82) is 0 Å². The van der Waals surface area contributed by atoms with E-state index in [1.54, 1.807) is 0 Å². The molecule has 0 aromatic rings. The van der Waals surface area contributed by atoms with Crippen molar-refractivity contribution in [3.05, 3.63) is 0 Å². The van der Waals surface area contributed by atoms with E-state index in [1.165, 1.54) is 6.42 Å². The zero-order chi connectivity index (χ0) is 12.6. The van der Waals surface area contributed by atoms with Gasteiger partial charge in [0.1, 0.15) is 0 Å². The predicted molar refractivity (Wildman–Crippen MR) is 71.9 cm³/mol. The summed E-state index contributed by atoms with van der Waals surface area (Å²) < 4.78 is 5.80. The van der Waals surface area contributed by atoms with Gasteiger partial charge in [-0.2, -0.15) is 0 Å². The SMILES string of the molecule is CC(C)NCCCC(C)OCCC(C)(C)C. The Bertz CT molecular complexity index is 161. The molecule has 0 fully saturated rings. The predicted octanol–water partition coefficient (Wildman–Crippen LogP) is 3.61. The number of rotatable bonds is 8. The molecule has 16 heavy (non-hydrogen) atoms. The van der Waals surface area contributed by atoms with Gasteiger partial charge in [0.25, 0.3) is 0 Å². The minimum absolute atomic E-state index is 0.388. The quantitative estimate of drug-likeness (QED) is 0.642. The van der Waals surface area contributed by atoms with Gasteiger partial charge in [0.15, 0.2) is 0 Å². The number of nitrogens with one attached hydrogen (secondary N) is 1. The second kappa shape index (κ2) is 8.08. The number of ether oxygens (including phenoxy) is 1. The average molecular weight is 229 g/mol. The third kappa shape index (κ3) is 12.0. The summed E-state index contributed by atoms with van der Waals surface area (Å²) in [5.41, 5.74) is 0.388. The lowest BCUT2D eigenvalue weighted by Crippen LogP contribution is -2.24. The highest BCUT2D eigenvalue weighted by atomic mass is 16.5. The molecular formula is C14H31NO. The lowest BCUT2D eigenvalue weighted by atomic mass is 9.93. The first-order valence-corrected chi connectivity index (χ1v) is 6.66. The molecule has 1 unspecified atom stereocenters. The van der Waals surface area contributed by atoms with Gasteiger partial charge in [-0.05, 0) is 38.1 Å². The Morgan fingerprint density at radius 1 is 1.12 bits per heavy atom. The van der Waals surface area contributed by atoms with Crippen LogP contribution in [0.4, 0.5) is 0 Å². The molecule has 0 aromatic carbocycles. The van der Waals surface area contributed by atoms with Crippen molar-refractivity contribution in [2.75, 3.05) is 13.2 Å². The second-order valence-electron chi connectivity index (χ2n) is 6.24. The van der Waals surface area contributed by atoms with Gasteiger partial charge in [0, 0.05) is 12.6 Å². The fraction of sp³-hybridized carbons (Fsp3) is 1.00. The lowest BCUT2D eigenvalue weighted by Gasteiger charge is -2.20. The molecule has 0 aliphatic rings. The summed E-state index contributed by atoms with van der Waals surface area (Å²) in [4.78, 5) is 0. The standard InChI is InChI=1S/C14H31NO/c1-12(2)15-10-7-8-13(3)16-11-9-14(4,5)6/h12-13,15H,7-11H2,1-6H3. The first kappa shape index (κ1) is 15.9. The van der Waals surface area contributed by atoms with E-state index in [-0.39, 0.29) is 0 Å². The topological polar surface area (TPSA) is 21.3 Å². The molecule has 0 aromatic heterocycles. The van der Waals surface area contributed by atoms with Crippen molar-refractivity contribution in [1.82, 2.24) is 5.32 Å². The van der Waals surface area contributed by atoms with Crippen LogP contribution in [0.25, 0.3) is 0 Å². The second-order valence-corrected chi connectivity index (χ2v) is 6.24. The van der Waals surface area contributed by atoms with Crippen LogP contribution in [0, 0.1) is 5.41 Å². The maximum absolute atomic E-state index is 5.80. The molecule has 0 heterocycles. The average Bonchev–Trinajstić information content (AvgIpc) is 2.10. The Morgan fingerprint density at radius 2 is 1.75 bits per heavy atom. The van der Waals surface area contributed by atoms with Crippen LogP contribution in [0.1, 0.15) is 60.8 Å². The van der Waals surface area contributed by atoms with Crippen LogP contribution >= 0.6 is 0 Å². The largest absolute Gasteiger partial charge is 0.378 e. The third-order valence-electron chi connectivity index (χ3n) is 2.59. The zero-order valence-corrected chi connectivity index (χ0v) is 12.1. The molecule has 0 aliphatic carbocycles. The molecule has 0 saturated heterocycles. The minimum Gasteiger partial charge on any atom is -0.378 e. The highest BCUT2D eigenvalue weighted by Crippen LogP contribution is 2.18. The molecule has 0 bridgehead atoms. The Morgan fingerprint density at radius 3 is 2.25 bits per heavy atom. The van der Waals surface area contributed by atoms with Gasteiger partial charge in [0.05, 0.1) is 6.10 Å². The van der Waals surface area contributed by atoms with E-state index in [4.69, 9.17) is 4.74 Å². The van der Waals surface area contributed by atoms with Gasteiger partial charge >= 0.3 is 0 Å². The molecular weight excluding hydrogens is 198 g/mol. The van der Waals surface area contributed by atoms with E-state index in [9.17, 15) is 0 Å². The fourth-order valence-electron chi connectivity index (χ4n) is 1.43. The number of hydrogen-bond acceptors (Lipinski definition) is 2. The lowest BCUT2D eigenvalue weighted by molar-refractivity contribution is 0.0429. The maximum atomic E-state index is 5.80. The first-order chi connectivity index (χ1) is 7.31. The summed E-state index contributed by atoms with van der Waals surface area (Å²) >= 11 is 0. The van der Waals surface area contributed by atoms with Crippen molar-refractivity contribution in [3.8, 4) is 0 Å². The summed E-state index contributed by atoms with van der Waals surface area (Å²) in [5, 5.41) is 3.43. The molecule has 1 N–H and O–H groups in total. The molecule has 1 atom stereocenters. The summed E-state index contributed by atoms with van der Waals surface area (Å²) in [7, 11) is 0. The van der Waals surface area contributed by atoms with E-state index < -0.39 is 0 Å². The van der Waals surface area contributed by atoms with Crippen molar-refractivity contribution < 1.29 is 4.74 Å². The molecule has 0 rings (SSSR count). The van der Waals surface area contributed by atoms with Crippen molar-refractivity contribution in [3.63, 3.8) is 0 Å². The van der Waals surface area contributed by atoms with Gasteiger partial charge in [-0.25, -0.2) is 0 Å². The van der Waals surface area contributed by atoms with E-state index in [0.717, 1.165) is 26.0 Å². The maximum Gasteiger partial charge on any atom is 0.0547 e. The van der Waals surface area contributed by atoms with Crippen LogP contribution in [-0.2, 0) is 4.74 Å². The highest BCUT2D eigenvalue weighted by Gasteiger charge is 2.10. The van der Waals surface area contributed by atoms with Gasteiger partial charge in [0.2, 0.25) is 0 Å². The highest BCUT2D eigenvalue weighted by molar-refractivity contribution is 4.61. The number of hydrogen-bond donors (Lipinski definition) is 1. The van der Waals surface area contributed by atoms with Crippen LogP contribution in [0.15, 0.2) is 0 Å². The van der Waals surface area contributed by atoms with Gasteiger partial charge in [-0.15, -0.1) is 0 Å². The van der Waals surface area contributed by atoms with Gasteiger partial charge in [-0.1, -0.05) is 34.6 Å². The minimum atomic E-state index is 0.388. The van der Waals surface area contributed by atoms with Crippen molar-refractivity contribution >= 4 is 0 Å². The Balaban J connectivity index is 3.35. The Hall–Kier alpha value is -0.0800. The monoisotopic (exact) mass is 229 g/mol. The van der Waals surface area contributed by atoms with Crippen molar-refractivity contribution in [2.24, 2.45) is 5.41 Å². The first-order valence-electron chi connectivity index (χ1n) is 6.66. The van der Waals surface area contributed by atoms with Crippen LogP contribution in [0.5, 0.6) is 0 Å². The third-order valence-corrected chi connectivity index (χ3v) is 2.59. The van der Waals surface area contributed by atoms with E-state index in [0.29, 0.717) is 17.6 Å². The molecule has 98 valence electrons. The molecule has 2 heteroatoms. The Kier molecular flexibility index (Phi) is 8.04. The zero-order valence-electron chi connectivity index (χ0n) is 12.1. The van der Waals surface area contributed by atoms with Crippen LogP contribution in [-0.4, -0.2) is 25.3 Å². The summed E-state index contributed by atoms with van der Waals surface area (Å²) in [5.74, 6) is 0. The fourth-order valence-corrected chi connectivity index (χ4v) is 1.43. The summed E-state index contributed by atoms with van der Waals surface area (Å²) in [6.45, 7) is 15.3. The van der Waals surface area contributed by atoms with Gasteiger partial charge in [-0.3, -0.25) is 0 Å². The van der Waals surface area contributed by atoms with Crippen LogP contribution in [0.2, 0.25) is 0 Å². The van der Waals surface area contributed by atoms with Crippen molar-refractivity contribution in [2.45, 2.75) is 73.0 Å². The molecule has 0 aliphatic heterocycles. The van der Waals surface area contributed by atoms with Gasteiger partial charge < -0.3 is 10.1 Å². The van der Waals surface area contributed by atoms with E-state index in [1.807, 2.05) is 0 Å². The van der Waals surface area contributed by atoms with Crippen LogP contribution < -0.4 is 5.32 Å². The van der Waals surface area contributed by atoms with E-state index >= 15 is 0 Å². The molecule has 0 amide bonds. The molecule has 0 radical (unpaired) electrons. The molecule has 2 nitrogen and oxygen atoms in total.